The van der Waals surface area contributed by atoms with Crippen LogP contribution < -0.4 is 10.2 Å². The van der Waals surface area contributed by atoms with Crippen molar-refractivity contribution >= 4 is 12.2 Å². The van der Waals surface area contributed by atoms with Gasteiger partial charge in [0.05, 0.1) is 12.6 Å². The van der Waals surface area contributed by atoms with Gasteiger partial charge in [-0.05, 0) is 50.2 Å². The van der Waals surface area contributed by atoms with Crippen molar-refractivity contribution in [3.63, 3.8) is 0 Å². The second-order valence-corrected chi connectivity index (χ2v) is 5.56. The third-order valence-corrected chi connectivity index (χ3v) is 3.23. The van der Waals surface area contributed by atoms with Crippen LogP contribution in [0.2, 0.25) is 0 Å². The van der Waals surface area contributed by atoms with E-state index in [1.54, 1.807) is 0 Å². The minimum atomic E-state index is 0.190. The molecule has 114 valence electrons. The Morgan fingerprint density at radius 1 is 1.33 bits per heavy atom. The van der Waals surface area contributed by atoms with Crippen LogP contribution in [0.5, 0.6) is 5.75 Å². The maximum atomic E-state index is 5.63. The second kappa shape index (κ2) is 7.26. The van der Waals surface area contributed by atoms with Crippen molar-refractivity contribution < 1.29 is 4.74 Å². The molecular weight excluding hydrogens is 284 g/mol. The van der Waals surface area contributed by atoms with Crippen LogP contribution in [0.25, 0.3) is 0 Å². The summed E-state index contributed by atoms with van der Waals surface area (Å²) in [6.07, 6.45) is 2.11. The minimum Gasteiger partial charge on any atom is -0.491 e. The molecule has 1 heterocycles. The molecule has 0 aliphatic carbocycles. The average molecular weight is 306 g/mol. The first-order valence-electron chi connectivity index (χ1n) is 7.26. The summed E-state index contributed by atoms with van der Waals surface area (Å²) < 4.78 is 8.07. The molecule has 1 aromatic heterocycles. The molecule has 6 heteroatoms. The predicted octanol–water partition coefficient (Wildman–Crippen LogP) is 3.42. The summed E-state index contributed by atoms with van der Waals surface area (Å²) in [5, 5.41) is 7.05. The predicted molar refractivity (Wildman–Crippen MR) is 86.7 cm³/mol. The molecule has 0 unspecified atom stereocenters. The van der Waals surface area contributed by atoms with Crippen molar-refractivity contribution in [2.24, 2.45) is 0 Å². The number of nitrogens with zero attached hydrogens (tertiary/aromatic N) is 2. The molecule has 0 amide bonds. The molecule has 0 aliphatic heterocycles. The standard InChI is InChI=1S/C15H22N4OS/c1-4-5-14-17-18-15(21)19(14)16-10-12-6-8-13(9-7-12)20-11(2)3/h6-9,11,16H,4-5,10H2,1-3H3,(H,18,21). The molecule has 21 heavy (non-hydrogen) atoms. The lowest BCUT2D eigenvalue weighted by Gasteiger charge is -2.12. The van der Waals surface area contributed by atoms with E-state index < -0.39 is 0 Å². The first-order valence-corrected chi connectivity index (χ1v) is 7.66. The van der Waals surface area contributed by atoms with Crippen LogP contribution in [0.15, 0.2) is 24.3 Å². The normalized spacial score (nSPS) is 10.9. The zero-order valence-corrected chi connectivity index (χ0v) is 13.5. The number of aryl methyl sites for hydroxylation is 1. The number of rotatable bonds is 7. The van der Waals surface area contributed by atoms with Gasteiger partial charge in [-0.25, -0.2) is 4.68 Å². The lowest BCUT2D eigenvalue weighted by molar-refractivity contribution is 0.242. The lowest BCUT2D eigenvalue weighted by atomic mass is 10.2. The van der Waals surface area contributed by atoms with Crippen molar-refractivity contribution in [3.8, 4) is 5.75 Å². The van der Waals surface area contributed by atoms with Crippen molar-refractivity contribution in [1.82, 2.24) is 14.9 Å². The fraction of sp³-hybridized carbons (Fsp3) is 0.467. The third-order valence-electron chi connectivity index (χ3n) is 2.95. The number of hydrogen-bond donors (Lipinski definition) is 2. The fourth-order valence-electron chi connectivity index (χ4n) is 2.01. The van der Waals surface area contributed by atoms with E-state index in [0.717, 1.165) is 30.0 Å². The van der Waals surface area contributed by atoms with Gasteiger partial charge in [0.2, 0.25) is 4.77 Å². The third kappa shape index (κ3) is 4.32. The first-order chi connectivity index (χ1) is 10.1. The van der Waals surface area contributed by atoms with Crippen molar-refractivity contribution in [3.05, 3.63) is 40.4 Å². The summed E-state index contributed by atoms with van der Waals surface area (Å²) >= 11 is 5.23. The van der Waals surface area contributed by atoms with Gasteiger partial charge in [-0.1, -0.05) is 19.1 Å². The van der Waals surface area contributed by atoms with Crippen LogP contribution in [0.1, 0.15) is 38.6 Å². The smallest absolute Gasteiger partial charge is 0.214 e. The minimum absolute atomic E-state index is 0.190. The summed E-state index contributed by atoms with van der Waals surface area (Å²) in [5.74, 6) is 1.82. The van der Waals surface area contributed by atoms with Crippen LogP contribution in [-0.2, 0) is 13.0 Å². The Labute approximate surface area is 130 Å². The second-order valence-electron chi connectivity index (χ2n) is 5.18. The lowest BCUT2D eigenvalue weighted by Crippen LogP contribution is -2.17. The van der Waals surface area contributed by atoms with E-state index in [4.69, 9.17) is 17.0 Å². The molecule has 2 N–H and O–H groups in total. The molecular formula is C15H22N4OS. The van der Waals surface area contributed by atoms with E-state index in [1.807, 2.05) is 42.8 Å². The highest BCUT2D eigenvalue weighted by Crippen LogP contribution is 2.14. The largest absolute Gasteiger partial charge is 0.491 e. The van der Waals surface area contributed by atoms with Crippen LogP contribution >= 0.6 is 12.2 Å². The van der Waals surface area contributed by atoms with Gasteiger partial charge in [-0.15, -0.1) is 0 Å². The maximum Gasteiger partial charge on any atom is 0.214 e. The van der Waals surface area contributed by atoms with Crippen molar-refractivity contribution in [2.75, 3.05) is 5.43 Å². The van der Waals surface area contributed by atoms with Crippen LogP contribution in [-0.4, -0.2) is 21.0 Å². The molecule has 0 saturated heterocycles. The average Bonchev–Trinajstić information content (AvgIpc) is 2.79. The number of aromatic amines is 1. The van der Waals surface area contributed by atoms with Crippen molar-refractivity contribution in [2.45, 2.75) is 46.3 Å². The Kier molecular flexibility index (Phi) is 5.38. The van der Waals surface area contributed by atoms with E-state index in [-0.39, 0.29) is 6.10 Å². The summed E-state index contributed by atoms with van der Waals surface area (Å²) in [4.78, 5) is 0. The Morgan fingerprint density at radius 2 is 2.05 bits per heavy atom. The molecule has 0 spiro atoms. The van der Waals surface area contributed by atoms with Gasteiger partial charge in [0, 0.05) is 6.42 Å². The first kappa shape index (κ1) is 15.6. The summed E-state index contributed by atoms with van der Waals surface area (Å²) in [6.45, 7) is 6.85. The number of hydrogen-bond acceptors (Lipinski definition) is 4. The SMILES string of the molecule is CCCc1n[nH]c(=S)n1NCc1ccc(OC(C)C)cc1. The van der Waals surface area contributed by atoms with Gasteiger partial charge in [0.15, 0.2) is 5.82 Å². The van der Waals surface area contributed by atoms with Crippen LogP contribution in [0.4, 0.5) is 0 Å². The van der Waals surface area contributed by atoms with Gasteiger partial charge in [0.25, 0.3) is 0 Å². The van der Waals surface area contributed by atoms with Crippen LogP contribution in [0.3, 0.4) is 0 Å². The molecule has 0 fully saturated rings. The van der Waals surface area contributed by atoms with E-state index >= 15 is 0 Å². The molecule has 0 radical (unpaired) electrons. The van der Waals surface area contributed by atoms with E-state index in [9.17, 15) is 0 Å². The number of ether oxygens (including phenoxy) is 1. The van der Waals surface area contributed by atoms with Gasteiger partial charge in [0.1, 0.15) is 5.75 Å². The number of benzene rings is 1. The molecule has 0 atom stereocenters. The highest BCUT2D eigenvalue weighted by Gasteiger charge is 2.05. The highest BCUT2D eigenvalue weighted by molar-refractivity contribution is 7.71. The van der Waals surface area contributed by atoms with Gasteiger partial charge < -0.3 is 10.2 Å². The molecule has 0 bridgehead atoms. The fourth-order valence-corrected chi connectivity index (χ4v) is 2.23. The molecule has 2 aromatic rings. The molecule has 0 aliphatic rings. The Balaban J connectivity index is 2.00. The van der Waals surface area contributed by atoms with Crippen LogP contribution in [0, 0.1) is 4.77 Å². The highest BCUT2D eigenvalue weighted by atomic mass is 32.1. The van der Waals surface area contributed by atoms with Gasteiger partial charge in [-0.3, -0.25) is 5.10 Å². The zero-order valence-electron chi connectivity index (χ0n) is 12.7. The molecule has 2 rings (SSSR count). The quantitative estimate of drug-likeness (QED) is 0.770. The summed E-state index contributed by atoms with van der Waals surface area (Å²) in [6, 6.07) is 8.07. The maximum absolute atomic E-state index is 5.63. The molecule has 1 aromatic carbocycles. The van der Waals surface area contributed by atoms with E-state index in [0.29, 0.717) is 11.3 Å². The molecule has 5 nitrogen and oxygen atoms in total. The van der Waals surface area contributed by atoms with Gasteiger partial charge >= 0.3 is 0 Å². The van der Waals surface area contributed by atoms with E-state index in [2.05, 4.69) is 22.5 Å². The summed E-state index contributed by atoms with van der Waals surface area (Å²) in [5.41, 5.74) is 4.46. The zero-order chi connectivity index (χ0) is 15.2. The number of aromatic nitrogens is 3. The van der Waals surface area contributed by atoms with E-state index in [1.165, 1.54) is 0 Å². The Bertz CT molecular complexity index is 615. The Hall–Kier alpha value is -1.82. The van der Waals surface area contributed by atoms with Gasteiger partial charge in [-0.2, -0.15) is 5.10 Å². The van der Waals surface area contributed by atoms with Crippen molar-refractivity contribution in [1.29, 1.82) is 0 Å². The topological polar surface area (TPSA) is 54.9 Å². The Morgan fingerprint density at radius 3 is 2.67 bits per heavy atom. The monoisotopic (exact) mass is 306 g/mol. The number of nitrogens with one attached hydrogen (secondary N) is 2. The molecule has 0 saturated carbocycles. The number of H-pyrrole nitrogens is 1. The summed E-state index contributed by atoms with van der Waals surface area (Å²) in [7, 11) is 0.